The van der Waals surface area contributed by atoms with Gasteiger partial charge >= 0.3 is 0 Å². The predicted molar refractivity (Wildman–Crippen MR) is 73.0 cm³/mol. The molecule has 4 nitrogen and oxygen atoms in total. The van der Waals surface area contributed by atoms with E-state index < -0.39 is 0 Å². The Balaban J connectivity index is 1.83. The third-order valence-corrected chi connectivity index (χ3v) is 2.97. The van der Waals surface area contributed by atoms with E-state index in [0.29, 0.717) is 17.2 Å². The number of aromatic amines is 1. The van der Waals surface area contributed by atoms with Crippen LogP contribution in [0.25, 0.3) is 11.1 Å². The van der Waals surface area contributed by atoms with Crippen molar-refractivity contribution >= 4 is 0 Å². The van der Waals surface area contributed by atoms with Gasteiger partial charge < -0.3 is 4.74 Å². The lowest BCUT2D eigenvalue weighted by atomic mass is 10.0. The third kappa shape index (κ3) is 2.51. The van der Waals surface area contributed by atoms with Crippen LogP contribution in [-0.2, 0) is 0 Å². The zero-order valence-electron chi connectivity index (χ0n) is 10.8. The van der Waals surface area contributed by atoms with Crippen molar-refractivity contribution in [2.75, 3.05) is 0 Å². The molecule has 20 heavy (non-hydrogen) atoms. The Kier molecular flexibility index (Phi) is 3.16. The number of hydrogen-bond acceptors (Lipinski definition) is 3. The number of hydrogen-bond donors (Lipinski definition) is 1. The van der Waals surface area contributed by atoms with Gasteiger partial charge in [0.15, 0.2) is 0 Å². The van der Waals surface area contributed by atoms with Gasteiger partial charge in [-0.15, -0.1) is 5.10 Å². The molecule has 0 saturated heterocycles. The highest BCUT2D eigenvalue weighted by Crippen LogP contribution is 2.25. The highest BCUT2D eigenvalue weighted by atomic mass is 19.1. The molecule has 0 atom stereocenters. The van der Waals surface area contributed by atoms with Gasteiger partial charge in [-0.05, 0) is 41.8 Å². The van der Waals surface area contributed by atoms with E-state index in [1.807, 2.05) is 30.3 Å². The largest absolute Gasteiger partial charge is 0.436 e. The van der Waals surface area contributed by atoms with E-state index in [2.05, 4.69) is 15.4 Å². The first-order valence-corrected chi connectivity index (χ1v) is 6.12. The summed E-state index contributed by atoms with van der Waals surface area (Å²) in [6.07, 6.45) is 1.49. The normalized spacial score (nSPS) is 10.5. The molecule has 0 aliphatic rings. The summed E-state index contributed by atoms with van der Waals surface area (Å²) in [5.41, 5.74) is 2.40. The number of H-pyrrole nitrogens is 1. The van der Waals surface area contributed by atoms with Gasteiger partial charge in [0.1, 0.15) is 17.8 Å². The molecule has 0 bridgehead atoms. The number of aryl methyl sites for hydroxylation is 1. The minimum Gasteiger partial charge on any atom is -0.436 e. The van der Waals surface area contributed by atoms with Crippen LogP contribution in [0.4, 0.5) is 4.39 Å². The summed E-state index contributed by atoms with van der Waals surface area (Å²) < 4.78 is 19.0. The first-order valence-electron chi connectivity index (χ1n) is 6.12. The lowest BCUT2D eigenvalue weighted by Crippen LogP contribution is -1.86. The van der Waals surface area contributed by atoms with Crippen molar-refractivity contribution in [1.82, 2.24) is 15.4 Å². The van der Waals surface area contributed by atoms with Crippen molar-refractivity contribution in [3.63, 3.8) is 0 Å². The minimum absolute atomic E-state index is 0.203. The van der Waals surface area contributed by atoms with Crippen molar-refractivity contribution < 1.29 is 9.13 Å². The number of benzene rings is 2. The Labute approximate surface area is 115 Å². The number of aromatic nitrogens is 3. The first-order chi connectivity index (χ1) is 9.72. The number of rotatable bonds is 3. The molecule has 0 radical (unpaired) electrons. The second-order valence-corrected chi connectivity index (χ2v) is 4.40. The van der Waals surface area contributed by atoms with Crippen LogP contribution in [-0.4, -0.2) is 15.4 Å². The maximum absolute atomic E-state index is 13.6. The van der Waals surface area contributed by atoms with Crippen molar-refractivity contribution in [3.05, 3.63) is 60.0 Å². The van der Waals surface area contributed by atoms with E-state index in [0.717, 1.165) is 11.1 Å². The summed E-state index contributed by atoms with van der Waals surface area (Å²) >= 11 is 0. The number of halogens is 1. The summed E-state index contributed by atoms with van der Waals surface area (Å²) in [5.74, 6) is 0.847. The quantitative estimate of drug-likeness (QED) is 0.788. The average Bonchev–Trinajstić information content (AvgIpc) is 2.96. The van der Waals surface area contributed by atoms with Crippen LogP contribution in [0, 0.1) is 12.7 Å². The predicted octanol–water partition coefficient (Wildman–Crippen LogP) is 3.71. The highest BCUT2D eigenvalue weighted by molar-refractivity contribution is 5.64. The van der Waals surface area contributed by atoms with Gasteiger partial charge in [-0.3, -0.25) is 0 Å². The summed E-state index contributed by atoms with van der Waals surface area (Å²) in [4.78, 5) is 0. The Morgan fingerprint density at radius 2 is 1.80 bits per heavy atom. The molecule has 0 saturated carbocycles. The van der Waals surface area contributed by atoms with Crippen molar-refractivity contribution in [1.29, 1.82) is 0 Å². The number of ether oxygens (including phenoxy) is 1. The van der Waals surface area contributed by atoms with Crippen LogP contribution in [0.3, 0.4) is 0 Å². The maximum atomic E-state index is 13.6. The van der Waals surface area contributed by atoms with E-state index in [1.54, 1.807) is 13.0 Å². The first kappa shape index (κ1) is 12.3. The molecule has 0 unspecified atom stereocenters. The molecule has 0 fully saturated rings. The molecular weight excluding hydrogens is 257 g/mol. The monoisotopic (exact) mass is 269 g/mol. The molecule has 0 aliphatic carbocycles. The van der Waals surface area contributed by atoms with Gasteiger partial charge in [0.2, 0.25) is 0 Å². The van der Waals surface area contributed by atoms with E-state index >= 15 is 0 Å². The molecule has 100 valence electrons. The Morgan fingerprint density at radius 1 is 1.05 bits per heavy atom. The lowest BCUT2D eigenvalue weighted by molar-refractivity contribution is 0.461. The van der Waals surface area contributed by atoms with Crippen molar-refractivity contribution in [2.45, 2.75) is 6.92 Å². The second-order valence-electron chi connectivity index (χ2n) is 4.40. The summed E-state index contributed by atoms with van der Waals surface area (Å²) in [7, 11) is 0. The second kappa shape index (κ2) is 5.13. The van der Waals surface area contributed by atoms with E-state index in [1.165, 1.54) is 12.3 Å². The van der Waals surface area contributed by atoms with Gasteiger partial charge in [0.25, 0.3) is 5.88 Å². The van der Waals surface area contributed by atoms with Gasteiger partial charge in [0, 0.05) is 0 Å². The molecule has 0 spiro atoms. The van der Waals surface area contributed by atoms with Gasteiger partial charge in [-0.25, -0.2) is 4.39 Å². The average molecular weight is 269 g/mol. The Hall–Kier alpha value is -2.69. The molecule has 1 heterocycles. The molecule has 0 aliphatic heterocycles. The number of nitrogens with one attached hydrogen (secondary N) is 1. The lowest BCUT2D eigenvalue weighted by Gasteiger charge is -2.05. The summed E-state index contributed by atoms with van der Waals surface area (Å²) in [6, 6.07) is 12.6. The number of nitrogens with zero attached hydrogens (tertiary/aromatic N) is 2. The van der Waals surface area contributed by atoms with Crippen molar-refractivity contribution in [2.24, 2.45) is 0 Å². The Morgan fingerprint density at radius 3 is 2.45 bits per heavy atom. The fourth-order valence-electron chi connectivity index (χ4n) is 1.85. The van der Waals surface area contributed by atoms with Crippen LogP contribution >= 0.6 is 0 Å². The fraction of sp³-hybridized carbons (Fsp3) is 0.0667. The molecule has 1 aromatic heterocycles. The maximum Gasteiger partial charge on any atom is 0.258 e. The van der Waals surface area contributed by atoms with Gasteiger partial charge in [-0.1, -0.05) is 24.3 Å². The van der Waals surface area contributed by atoms with Crippen molar-refractivity contribution in [3.8, 4) is 22.8 Å². The van der Waals surface area contributed by atoms with E-state index in [9.17, 15) is 4.39 Å². The fourth-order valence-corrected chi connectivity index (χ4v) is 1.85. The van der Waals surface area contributed by atoms with E-state index in [4.69, 9.17) is 4.74 Å². The molecule has 1 N–H and O–H groups in total. The third-order valence-electron chi connectivity index (χ3n) is 2.97. The molecular formula is C15H12FN3O. The SMILES string of the molecule is Cc1ccc(-c2ccc(Oc3cn[nH]n3)cc2)cc1F. The molecule has 5 heteroatoms. The summed E-state index contributed by atoms with van der Waals surface area (Å²) in [5, 5.41) is 9.94. The minimum atomic E-state index is -0.203. The van der Waals surface area contributed by atoms with Crippen LogP contribution in [0.2, 0.25) is 0 Å². The molecule has 3 aromatic rings. The topological polar surface area (TPSA) is 50.8 Å². The van der Waals surface area contributed by atoms with Gasteiger partial charge in [0.05, 0.1) is 0 Å². The standard InChI is InChI=1S/C15H12FN3O/c1-10-2-3-12(8-14(10)16)11-4-6-13(7-5-11)20-15-9-17-19-18-15/h2-9H,1H3,(H,17,18,19). The Bertz CT molecular complexity index is 708. The van der Waals surface area contributed by atoms with Crippen LogP contribution in [0.15, 0.2) is 48.7 Å². The zero-order chi connectivity index (χ0) is 13.9. The van der Waals surface area contributed by atoms with Crippen LogP contribution < -0.4 is 4.74 Å². The summed E-state index contributed by atoms with van der Waals surface area (Å²) in [6.45, 7) is 1.74. The molecule has 0 amide bonds. The van der Waals surface area contributed by atoms with Crippen LogP contribution in [0.1, 0.15) is 5.56 Å². The molecule has 2 aromatic carbocycles. The van der Waals surface area contributed by atoms with E-state index in [-0.39, 0.29) is 5.82 Å². The van der Waals surface area contributed by atoms with Crippen LogP contribution in [0.5, 0.6) is 11.6 Å². The highest BCUT2D eigenvalue weighted by Gasteiger charge is 2.04. The van der Waals surface area contributed by atoms with Gasteiger partial charge in [-0.2, -0.15) is 10.3 Å². The smallest absolute Gasteiger partial charge is 0.258 e. The molecule has 3 rings (SSSR count). The zero-order valence-corrected chi connectivity index (χ0v) is 10.8.